The summed E-state index contributed by atoms with van der Waals surface area (Å²) in [5.74, 6) is 9.93. The number of ether oxygens (including phenoxy) is 2. The average Bonchev–Trinajstić information content (AvgIpc) is 2.36. The summed E-state index contributed by atoms with van der Waals surface area (Å²) in [6.45, 7) is 4.70. The highest BCUT2D eigenvalue weighted by Crippen LogP contribution is 2.02. The lowest BCUT2D eigenvalue weighted by Crippen LogP contribution is -2.17. The maximum Gasteiger partial charge on any atom is 0.303 e. The predicted molar refractivity (Wildman–Crippen MR) is 76.3 cm³/mol. The van der Waals surface area contributed by atoms with Crippen molar-refractivity contribution >= 4 is 11.9 Å². The van der Waals surface area contributed by atoms with Crippen LogP contribution < -0.4 is 0 Å². The lowest BCUT2D eigenvalue weighted by molar-refractivity contribution is -0.146. The van der Waals surface area contributed by atoms with Crippen molar-refractivity contribution in [3.8, 4) is 23.7 Å². The second-order valence-corrected chi connectivity index (χ2v) is 3.67. The first-order valence-electron chi connectivity index (χ1n) is 6.15. The average molecular weight is 274 g/mol. The Labute approximate surface area is 119 Å². The second-order valence-electron chi connectivity index (χ2n) is 3.67. The highest BCUT2D eigenvalue weighted by Gasteiger charge is 2.08. The molecule has 106 valence electrons. The Hall–Kier alpha value is -2.46. The van der Waals surface area contributed by atoms with Crippen molar-refractivity contribution in [1.82, 2.24) is 0 Å². The summed E-state index contributed by atoms with van der Waals surface area (Å²) in [5.41, 5.74) is 0. The molecule has 0 spiro atoms. The van der Waals surface area contributed by atoms with E-state index in [1.165, 1.54) is 13.8 Å². The van der Waals surface area contributed by atoms with Gasteiger partial charge < -0.3 is 9.47 Å². The van der Waals surface area contributed by atoms with Crippen LogP contribution in [0, 0.1) is 23.7 Å². The standard InChI is InChI=1S/C16H18O4/c1-4-5-6-7-8-9-10-11-16(20-15(3)18)12-13-19-14(2)17/h4-5,10-11,16H,12-13H2,1-3H3. The summed E-state index contributed by atoms with van der Waals surface area (Å²) >= 11 is 0. The van der Waals surface area contributed by atoms with Crippen LogP contribution in [-0.4, -0.2) is 24.6 Å². The van der Waals surface area contributed by atoms with Gasteiger partial charge in [-0.1, -0.05) is 17.9 Å². The van der Waals surface area contributed by atoms with Gasteiger partial charge in [0.15, 0.2) is 0 Å². The highest BCUT2D eigenvalue weighted by atomic mass is 16.6. The summed E-state index contributed by atoms with van der Waals surface area (Å²) < 4.78 is 9.84. The molecule has 1 atom stereocenters. The molecule has 4 heteroatoms. The van der Waals surface area contributed by atoms with Crippen LogP contribution in [0.5, 0.6) is 0 Å². The van der Waals surface area contributed by atoms with E-state index in [2.05, 4.69) is 23.7 Å². The quantitative estimate of drug-likeness (QED) is 0.568. The molecule has 0 aromatic rings. The van der Waals surface area contributed by atoms with Gasteiger partial charge in [-0.15, -0.1) is 0 Å². The molecular weight excluding hydrogens is 256 g/mol. The molecule has 0 amide bonds. The van der Waals surface area contributed by atoms with Crippen LogP contribution in [0.2, 0.25) is 0 Å². The van der Waals surface area contributed by atoms with Crippen molar-refractivity contribution in [2.75, 3.05) is 6.61 Å². The fourth-order valence-electron chi connectivity index (χ4n) is 1.12. The van der Waals surface area contributed by atoms with Crippen LogP contribution in [-0.2, 0) is 19.1 Å². The van der Waals surface area contributed by atoms with Crippen molar-refractivity contribution < 1.29 is 19.1 Å². The largest absolute Gasteiger partial charge is 0.466 e. The van der Waals surface area contributed by atoms with Gasteiger partial charge in [0, 0.05) is 20.3 Å². The fraction of sp³-hybridized carbons (Fsp3) is 0.375. The first-order valence-corrected chi connectivity index (χ1v) is 6.15. The van der Waals surface area contributed by atoms with Gasteiger partial charge in [-0.05, 0) is 37.0 Å². The molecule has 0 aliphatic carbocycles. The van der Waals surface area contributed by atoms with Crippen LogP contribution in [0.1, 0.15) is 27.2 Å². The van der Waals surface area contributed by atoms with Crippen molar-refractivity contribution in [2.45, 2.75) is 33.3 Å². The van der Waals surface area contributed by atoms with Gasteiger partial charge in [-0.2, -0.15) is 0 Å². The molecule has 0 aromatic carbocycles. The third-order valence-electron chi connectivity index (χ3n) is 1.88. The molecule has 0 bridgehead atoms. The van der Waals surface area contributed by atoms with E-state index >= 15 is 0 Å². The van der Waals surface area contributed by atoms with Crippen molar-refractivity contribution in [3.05, 3.63) is 24.3 Å². The summed E-state index contributed by atoms with van der Waals surface area (Å²) in [7, 11) is 0. The monoisotopic (exact) mass is 274 g/mol. The number of rotatable bonds is 5. The summed E-state index contributed by atoms with van der Waals surface area (Å²) in [5, 5.41) is 0. The molecule has 0 rings (SSSR count). The second kappa shape index (κ2) is 11.6. The molecule has 0 saturated heterocycles. The van der Waals surface area contributed by atoms with Gasteiger partial charge >= 0.3 is 11.9 Å². The van der Waals surface area contributed by atoms with E-state index in [0.717, 1.165) is 0 Å². The zero-order chi connectivity index (χ0) is 15.2. The molecule has 20 heavy (non-hydrogen) atoms. The molecule has 0 fully saturated rings. The van der Waals surface area contributed by atoms with Crippen LogP contribution >= 0.6 is 0 Å². The first-order chi connectivity index (χ1) is 9.56. The summed E-state index contributed by atoms with van der Waals surface area (Å²) in [6, 6.07) is 0. The van der Waals surface area contributed by atoms with Gasteiger partial charge in [0.05, 0.1) is 6.61 Å². The minimum Gasteiger partial charge on any atom is -0.466 e. The van der Waals surface area contributed by atoms with Crippen molar-refractivity contribution in [1.29, 1.82) is 0 Å². The Morgan fingerprint density at radius 2 is 1.75 bits per heavy atom. The molecule has 1 unspecified atom stereocenters. The number of carbonyl (C=O) groups is 2. The SMILES string of the molecule is CC=CC#CC#CC=CC(CCOC(C)=O)OC(C)=O. The summed E-state index contributed by atoms with van der Waals surface area (Å²) in [6.07, 6.45) is 6.63. The third-order valence-corrected chi connectivity index (χ3v) is 1.88. The van der Waals surface area contributed by atoms with Crippen molar-refractivity contribution in [3.63, 3.8) is 0 Å². The van der Waals surface area contributed by atoms with E-state index in [1.54, 1.807) is 18.2 Å². The van der Waals surface area contributed by atoms with Gasteiger partial charge in [-0.3, -0.25) is 9.59 Å². The molecule has 0 heterocycles. The molecule has 0 aromatic heterocycles. The van der Waals surface area contributed by atoms with E-state index in [-0.39, 0.29) is 12.6 Å². The Balaban J connectivity index is 4.37. The van der Waals surface area contributed by atoms with E-state index in [9.17, 15) is 9.59 Å². The number of hydrogen-bond acceptors (Lipinski definition) is 4. The Kier molecular flexibility index (Phi) is 10.2. The van der Waals surface area contributed by atoms with Gasteiger partial charge in [0.1, 0.15) is 6.10 Å². The Morgan fingerprint density at radius 3 is 2.30 bits per heavy atom. The van der Waals surface area contributed by atoms with Crippen molar-refractivity contribution in [2.24, 2.45) is 0 Å². The zero-order valence-electron chi connectivity index (χ0n) is 11.9. The van der Waals surface area contributed by atoms with E-state index in [1.807, 2.05) is 13.0 Å². The predicted octanol–water partition coefficient (Wildman–Crippen LogP) is 2.01. The van der Waals surface area contributed by atoms with Crippen LogP contribution in [0.25, 0.3) is 0 Å². The lowest BCUT2D eigenvalue weighted by Gasteiger charge is -2.12. The van der Waals surface area contributed by atoms with Gasteiger partial charge in [0.2, 0.25) is 0 Å². The number of carbonyl (C=O) groups excluding carboxylic acids is 2. The molecular formula is C16H18O4. The number of allylic oxidation sites excluding steroid dienone is 3. The lowest BCUT2D eigenvalue weighted by atomic mass is 10.2. The molecule has 0 radical (unpaired) electrons. The smallest absolute Gasteiger partial charge is 0.303 e. The van der Waals surface area contributed by atoms with E-state index in [4.69, 9.17) is 9.47 Å². The number of hydrogen-bond donors (Lipinski definition) is 0. The minimum atomic E-state index is -0.468. The Bertz CT molecular complexity index is 492. The maximum atomic E-state index is 10.9. The Morgan fingerprint density at radius 1 is 1.10 bits per heavy atom. The molecule has 0 aliphatic rings. The normalized spacial score (nSPS) is 11.2. The molecule has 0 aliphatic heterocycles. The topological polar surface area (TPSA) is 52.6 Å². The molecule has 0 N–H and O–H groups in total. The first kappa shape index (κ1) is 17.5. The van der Waals surface area contributed by atoms with Gasteiger partial charge in [0.25, 0.3) is 0 Å². The highest BCUT2D eigenvalue weighted by molar-refractivity contribution is 5.66. The van der Waals surface area contributed by atoms with Gasteiger partial charge in [-0.25, -0.2) is 0 Å². The number of esters is 2. The summed E-state index contributed by atoms with van der Waals surface area (Å²) in [4.78, 5) is 21.6. The fourth-order valence-corrected chi connectivity index (χ4v) is 1.12. The maximum absolute atomic E-state index is 10.9. The van der Waals surface area contributed by atoms with E-state index < -0.39 is 12.1 Å². The minimum absolute atomic E-state index is 0.187. The van der Waals surface area contributed by atoms with Crippen LogP contribution in [0.15, 0.2) is 24.3 Å². The van der Waals surface area contributed by atoms with E-state index in [0.29, 0.717) is 6.42 Å². The van der Waals surface area contributed by atoms with Crippen LogP contribution in [0.4, 0.5) is 0 Å². The third kappa shape index (κ3) is 12.0. The molecule has 0 saturated carbocycles. The molecule has 4 nitrogen and oxygen atoms in total. The zero-order valence-corrected chi connectivity index (χ0v) is 11.9. The van der Waals surface area contributed by atoms with Crippen LogP contribution in [0.3, 0.4) is 0 Å².